The first kappa shape index (κ1) is 13.7. The Morgan fingerprint density at radius 3 is 2.86 bits per heavy atom. The molecule has 1 aliphatic heterocycles. The van der Waals surface area contributed by atoms with Gasteiger partial charge in [-0.25, -0.2) is 4.98 Å². The highest BCUT2D eigenvalue weighted by Gasteiger charge is 2.17. The molecule has 21 heavy (non-hydrogen) atoms. The zero-order chi connectivity index (χ0) is 14.8. The zero-order valence-corrected chi connectivity index (χ0v) is 12.1. The van der Waals surface area contributed by atoms with Crippen LogP contribution in [0.2, 0.25) is 5.15 Å². The molecule has 2 aromatic rings. The van der Waals surface area contributed by atoms with Crippen molar-refractivity contribution >= 4 is 17.5 Å². The lowest BCUT2D eigenvalue weighted by molar-refractivity contribution is 0.0939. The summed E-state index contributed by atoms with van der Waals surface area (Å²) in [6, 6.07) is 8.66. The quantitative estimate of drug-likeness (QED) is 0.886. The van der Waals surface area contributed by atoms with Crippen LogP contribution in [0.15, 0.2) is 36.5 Å². The van der Waals surface area contributed by atoms with Gasteiger partial charge in [0.15, 0.2) is 11.5 Å². The van der Waals surface area contributed by atoms with Gasteiger partial charge in [-0.2, -0.15) is 0 Å². The number of nitrogens with one attached hydrogen (secondary N) is 1. The van der Waals surface area contributed by atoms with E-state index in [1.807, 2.05) is 25.1 Å². The molecular weight excluding hydrogens is 292 g/mol. The van der Waals surface area contributed by atoms with Crippen molar-refractivity contribution in [1.82, 2.24) is 10.3 Å². The van der Waals surface area contributed by atoms with Crippen molar-refractivity contribution in [3.63, 3.8) is 0 Å². The number of amides is 1. The van der Waals surface area contributed by atoms with E-state index in [2.05, 4.69) is 10.3 Å². The summed E-state index contributed by atoms with van der Waals surface area (Å²) in [5, 5.41) is 3.26. The van der Waals surface area contributed by atoms with Crippen LogP contribution in [0.4, 0.5) is 0 Å². The molecule has 2 heterocycles. The molecule has 108 valence electrons. The molecule has 0 spiro atoms. The minimum absolute atomic E-state index is 0.164. The topological polar surface area (TPSA) is 60.5 Å². The molecule has 0 fully saturated rings. The molecule has 0 saturated heterocycles. The second-order valence-corrected chi connectivity index (χ2v) is 5.06. The van der Waals surface area contributed by atoms with E-state index in [0.29, 0.717) is 16.5 Å². The van der Waals surface area contributed by atoms with Crippen LogP contribution in [0.1, 0.15) is 28.9 Å². The molecule has 3 rings (SSSR count). The summed E-state index contributed by atoms with van der Waals surface area (Å²) in [6.07, 6.45) is 1.45. The highest BCUT2D eigenvalue weighted by molar-refractivity contribution is 6.29. The minimum atomic E-state index is -0.204. The van der Waals surface area contributed by atoms with Gasteiger partial charge >= 0.3 is 0 Å². The van der Waals surface area contributed by atoms with Crippen molar-refractivity contribution in [3.8, 4) is 11.5 Å². The Hall–Kier alpha value is -2.27. The van der Waals surface area contributed by atoms with Gasteiger partial charge in [-0.1, -0.05) is 17.7 Å². The molecule has 1 aliphatic rings. The largest absolute Gasteiger partial charge is 0.454 e. The maximum absolute atomic E-state index is 12.1. The number of halogens is 1. The maximum Gasteiger partial charge on any atom is 0.253 e. The van der Waals surface area contributed by atoms with Crippen LogP contribution in [0.25, 0.3) is 0 Å². The van der Waals surface area contributed by atoms with Crippen LogP contribution in [0, 0.1) is 0 Å². The zero-order valence-electron chi connectivity index (χ0n) is 11.3. The van der Waals surface area contributed by atoms with Gasteiger partial charge in [0, 0.05) is 6.20 Å². The number of fused-ring (bicyclic) bond motifs is 1. The standard InChI is InChI=1S/C15H13ClN2O3/c1-9(10-2-4-12-13(6-10)21-8-20-12)18-15(19)11-3-5-14(16)17-7-11/h2-7,9H,8H2,1H3,(H,18,19). The van der Waals surface area contributed by atoms with Gasteiger partial charge in [0.2, 0.25) is 6.79 Å². The van der Waals surface area contributed by atoms with Crippen molar-refractivity contribution in [1.29, 1.82) is 0 Å². The highest BCUT2D eigenvalue weighted by Crippen LogP contribution is 2.34. The van der Waals surface area contributed by atoms with Crippen LogP contribution in [0.5, 0.6) is 11.5 Å². The molecule has 1 atom stereocenters. The first-order chi connectivity index (χ1) is 10.1. The van der Waals surface area contributed by atoms with Gasteiger partial charge in [0.25, 0.3) is 5.91 Å². The number of ether oxygens (including phenoxy) is 2. The van der Waals surface area contributed by atoms with Crippen molar-refractivity contribution in [3.05, 3.63) is 52.8 Å². The predicted molar refractivity (Wildman–Crippen MR) is 77.7 cm³/mol. The second kappa shape index (κ2) is 5.61. The predicted octanol–water partition coefficient (Wildman–Crippen LogP) is 2.95. The van der Waals surface area contributed by atoms with E-state index in [-0.39, 0.29) is 18.7 Å². The average Bonchev–Trinajstić information content (AvgIpc) is 2.95. The van der Waals surface area contributed by atoms with E-state index in [9.17, 15) is 4.79 Å². The van der Waals surface area contributed by atoms with Crippen molar-refractivity contribution in [2.75, 3.05) is 6.79 Å². The minimum Gasteiger partial charge on any atom is -0.454 e. The van der Waals surface area contributed by atoms with E-state index in [4.69, 9.17) is 21.1 Å². The monoisotopic (exact) mass is 304 g/mol. The number of pyridine rings is 1. The van der Waals surface area contributed by atoms with E-state index >= 15 is 0 Å². The third-order valence-electron chi connectivity index (χ3n) is 3.23. The van der Waals surface area contributed by atoms with Gasteiger partial charge in [0.1, 0.15) is 5.15 Å². The Balaban J connectivity index is 1.72. The molecule has 5 nitrogen and oxygen atoms in total. The Morgan fingerprint density at radius 1 is 1.29 bits per heavy atom. The summed E-state index contributed by atoms with van der Waals surface area (Å²) in [7, 11) is 0. The lowest BCUT2D eigenvalue weighted by Crippen LogP contribution is -2.26. The molecule has 1 aromatic heterocycles. The molecule has 1 amide bonds. The fraction of sp³-hybridized carbons (Fsp3) is 0.200. The van der Waals surface area contributed by atoms with Crippen LogP contribution in [0.3, 0.4) is 0 Å². The second-order valence-electron chi connectivity index (χ2n) is 4.68. The Labute approximate surface area is 126 Å². The fourth-order valence-electron chi connectivity index (χ4n) is 2.06. The number of benzene rings is 1. The first-order valence-electron chi connectivity index (χ1n) is 6.45. The summed E-state index contributed by atoms with van der Waals surface area (Å²) in [4.78, 5) is 16.0. The van der Waals surface area contributed by atoms with Gasteiger partial charge in [-0.15, -0.1) is 0 Å². The number of hydrogen-bond acceptors (Lipinski definition) is 4. The average molecular weight is 305 g/mol. The van der Waals surface area contributed by atoms with Gasteiger partial charge < -0.3 is 14.8 Å². The Kier molecular flexibility index (Phi) is 3.66. The normalized spacial score (nSPS) is 13.8. The van der Waals surface area contributed by atoms with Gasteiger partial charge in [-0.3, -0.25) is 4.79 Å². The molecular formula is C15H13ClN2O3. The molecule has 0 aliphatic carbocycles. The summed E-state index contributed by atoms with van der Waals surface area (Å²) in [5.74, 6) is 1.21. The van der Waals surface area contributed by atoms with Crippen molar-refractivity contribution < 1.29 is 14.3 Å². The van der Waals surface area contributed by atoms with Crippen molar-refractivity contribution in [2.45, 2.75) is 13.0 Å². The number of aromatic nitrogens is 1. The number of nitrogens with zero attached hydrogens (tertiary/aromatic N) is 1. The number of carbonyl (C=O) groups excluding carboxylic acids is 1. The van der Waals surface area contributed by atoms with E-state index < -0.39 is 0 Å². The van der Waals surface area contributed by atoms with Crippen LogP contribution in [-0.4, -0.2) is 17.7 Å². The van der Waals surface area contributed by atoms with Crippen LogP contribution < -0.4 is 14.8 Å². The number of carbonyl (C=O) groups is 1. The molecule has 6 heteroatoms. The van der Waals surface area contributed by atoms with E-state index in [1.54, 1.807) is 12.1 Å². The molecule has 0 radical (unpaired) electrons. The Bertz CT molecular complexity index is 673. The van der Waals surface area contributed by atoms with E-state index in [0.717, 1.165) is 11.3 Å². The fourth-order valence-corrected chi connectivity index (χ4v) is 2.17. The molecule has 1 unspecified atom stereocenters. The van der Waals surface area contributed by atoms with Crippen LogP contribution >= 0.6 is 11.6 Å². The third kappa shape index (κ3) is 2.92. The summed E-state index contributed by atoms with van der Waals surface area (Å²) in [5.41, 5.74) is 1.40. The summed E-state index contributed by atoms with van der Waals surface area (Å²) < 4.78 is 10.6. The van der Waals surface area contributed by atoms with Crippen molar-refractivity contribution in [2.24, 2.45) is 0 Å². The highest BCUT2D eigenvalue weighted by atomic mass is 35.5. The summed E-state index contributed by atoms with van der Waals surface area (Å²) >= 11 is 5.70. The number of rotatable bonds is 3. The lowest BCUT2D eigenvalue weighted by Gasteiger charge is -2.14. The van der Waals surface area contributed by atoms with Gasteiger partial charge in [0.05, 0.1) is 11.6 Å². The van der Waals surface area contributed by atoms with Crippen LogP contribution in [-0.2, 0) is 0 Å². The van der Waals surface area contributed by atoms with Gasteiger partial charge in [-0.05, 0) is 36.8 Å². The van der Waals surface area contributed by atoms with E-state index in [1.165, 1.54) is 6.20 Å². The molecule has 1 aromatic carbocycles. The molecule has 0 saturated carbocycles. The third-order valence-corrected chi connectivity index (χ3v) is 3.46. The SMILES string of the molecule is CC(NC(=O)c1ccc(Cl)nc1)c1ccc2c(c1)OCO2. The smallest absolute Gasteiger partial charge is 0.253 e. The summed E-state index contributed by atoms with van der Waals surface area (Å²) in [6.45, 7) is 2.13. The maximum atomic E-state index is 12.1. The first-order valence-corrected chi connectivity index (χ1v) is 6.83. The Morgan fingerprint density at radius 2 is 2.10 bits per heavy atom. The molecule has 1 N–H and O–H groups in total. The lowest BCUT2D eigenvalue weighted by atomic mass is 10.1. The molecule has 0 bridgehead atoms. The number of hydrogen-bond donors (Lipinski definition) is 1.